The van der Waals surface area contributed by atoms with Crippen molar-refractivity contribution in [3.63, 3.8) is 0 Å². The van der Waals surface area contributed by atoms with Gasteiger partial charge in [-0.3, -0.25) is 0 Å². The molecule has 0 fully saturated rings. The maximum atomic E-state index is 12.1. The molecule has 0 atom stereocenters. The molecule has 3 nitrogen and oxygen atoms in total. The molecule has 1 aromatic heterocycles. The van der Waals surface area contributed by atoms with Crippen LogP contribution in [0.1, 0.15) is 13.3 Å². The number of nitrogens with zero attached hydrogens (tertiary/aromatic N) is 1. The molecule has 0 radical (unpaired) electrons. The molecule has 0 amide bonds. The SMILES string of the molecule is CCCNc1nc(NCC(F)F)c(Cl)cc1Cl. The van der Waals surface area contributed by atoms with Crippen LogP contribution in [0.25, 0.3) is 0 Å². The van der Waals surface area contributed by atoms with Gasteiger partial charge in [-0.05, 0) is 12.5 Å². The average Bonchev–Trinajstić information content (AvgIpc) is 2.26. The number of nitrogens with one attached hydrogen (secondary N) is 2. The minimum Gasteiger partial charge on any atom is -0.369 e. The van der Waals surface area contributed by atoms with E-state index in [-0.39, 0.29) is 10.8 Å². The van der Waals surface area contributed by atoms with E-state index in [1.807, 2.05) is 6.92 Å². The van der Waals surface area contributed by atoms with E-state index in [0.717, 1.165) is 6.42 Å². The average molecular weight is 284 g/mol. The zero-order chi connectivity index (χ0) is 12.8. The Labute approximate surface area is 109 Å². The monoisotopic (exact) mass is 283 g/mol. The molecule has 0 aromatic carbocycles. The van der Waals surface area contributed by atoms with Crippen molar-refractivity contribution in [1.82, 2.24) is 4.98 Å². The predicted molar refractivity (Wildman–Crippen MR) is 67.5 cm³/mol. The van der Waals surface area contributed by atoms with E-state index in [4.69, 9.17) is 23.2 Å². The van der Waals surface area contributed by atoms with Gasteiger partial charge in [-0.1, -0.05) is 30.1 Å². The van der Waals surface area contributed by atoms with E-state index < -0.39 is 13.0 Å². The Bertz CT molecular complexity index is 375. The standard InChI is InChI=1S/C10H13Cl2F2N3/c1-2-3-15-9-6(11)4-7(12)10(17-9)16-5-8(13)14/h4,8H,2-3,5H2,1H3,(H2,15,16,17). The van der Waals surface area contributed by atoms with Gasteiger partial charge < -0.3 is 10.6 Å². The van der Waals surface area contributed by atoms with Crippen molar-refractivity contribution in [2.45, 2.75) is 19.8 Å². The first-order valence-electron chi connectivity index (χ1n) is 5.16. The second-order valence-electron chi connectivity index (χ2n) is 3.35. The van der Waals surface area contributed by atoms with Gasteiger partial charge in [0.2, 0.25) is 0 Å². The maximum Gasteiger partial charge on any atom is 0.255 e. The number of aromatic nitrogens is 1. The molecule has 0 bridgehead atoms. The fourth-order valence-electron chi connectivity index (χ4n) is 1.13. The lowest BCUT2D eigenvalue weighted by Gasteiger charge is -2.11. The predicted octanol–water partition coefficient (Wildman–Crippen LogP) is 3.89. The highest BCUT2D eigenvalue weighted by Crippen LogP contribution is 2.29. The summed E-state index contributed by atoms with van der Waals surface area (Å²) < 4.78 is 24.1. The van der Waals surface area contributed by atoms with Crippen LogP contribution in [0.5, 0.6) is 0 Å². The number of halogens is 4. The summed E-state index contributed by atoms with van der Waals surface area (Å²) in [6, 6.07) is 1.47. The molecule has 96 valence electrons. The van der Waals surface area contributed by atoms with Gasteiger partial charge in [0.15, 0.2) is 0 Å². The molecule has 0 saturated carbocycles. The lowest BCUT2D eigenvalue weighted by molar-refractivity contribution is 0.163. The zero-order valence-electron chi connectivity index (χ0n) is 9.24. The Hall–Kier alpha value is -0.810. The molecule has 0 aliphatic heterocycles. The van der Waals surface area contributed by atoms with Crippen LogP contribution in [-0.4, -0.2) is 24.5 Å². The molecule has 0 aliphatic carbocycles. The Morgan fingerprint density at radius 1 is 1.24 bits per heavy atom. The zero-order valence-corrected chi connectivity index (χ0v) is 10.7. The van der Waals surface area contributed by atoms with Gasteiger partial charge in [-0.25, -0.2) is 13.8 Å². The number of hydrogen-bond acceptors (Lipinski definition) is 3. The first-order chi connectivity index (χ1) is 8.04. The molecule has 17 heavy (non-hydrogen) atoms. The van der Waals surface area contributed by atoms with E-state index in [0.29, 0.717) is 17.4 Å². The Morgan fingerprint density at radius 3 is 2.35 bits per heavy atom. The number of anilines is 2. The van der Waals surface area contributed by atoms with Gasteiger partial charge in [0.25, 0.3) is 6.43 Å². The highest BCUT2D eigenvalue weighted by Gasteiger charge is 2.10. The largest absolute Gasteiger partial charge is 0.369 e. The van der Waals surface area contributed by atoms with E-state index >= 15 is 0 Å². The number of rotatable bonds is 6. The van der Waals surface area contributed by atoms with Crippen molar-refractivity contribution in [2.75, 3.05) is 23.7 Å². The topological polar surface area (TPSA) is 37.0 Å². The van der Waals surface area contributed by atoms with E-state index in [1.165, 1.54) is 6.07 Å². The molecule has 0 aliphatic rings. The van der Waals surface area contributed by atoms with Crippen molar-refractivity contribution in [3.8, 4) is 0 Å². The van der Waals surface area contributed by atoms with Crippen LogP contribution in [0.2, 0.25) is 10.0 Å². The second-order valence-corrected chi connectivity index (χ2v) is 4.16. The van der Waals surface area contributed by atoms with Crippen LogP contribution in [-0.2, 0) is 0 Å². The first-order valence-corrected chi connectivity index (χ1v) is 5.92. The van der Waals surface area contributed by atoms with Crippen LogP contribution in [0.4, 0.5) is 20.4 Å². The van der Waals surface area contributed by atoms with Crippen molar-refractivity contribution >= 4 is 34.8 Å². The van der Waals surface area contributed by atoms with Crippen molar-refractivity contribution in [1.29, 1.82) is 0 Å². The van der Waals surface area contributed by atoms with Gasteiger partial charge in [0, 0.05) is 6.54 Å². The Morgan fingerprint density at radius 2 is 1.82 bits per heavy atom. The van der Waals surface area contributed by atoms with Crippen molar-refractivity contribution < 1.29 is 8.78 Å². The first kappa shape index (κ1) is 14.3. The van der Waals surface area contributed by atoms with Crippen molar-refractivity contribution in [3.05, 3.63) is 16.1 Å². The smallest absolute Gasteiger partial charge is 0.255 e. The molecule has 7 heteroatoms. The molecule has 1 rings (SSSR count). The van der Waals surface area contributed by atoms with Crippen LogP contribution < -0.4 is 10.6 Å². The number of alkyl halides is 2. The molecular formula is C10H13Cl2F2N3. The summed E-state index contributed by atoms with van der Waals surface area (Å²) in [5, 5.41) is 6.04. The number of pyridine rings is 1. The summed E-state index contributed by atoms with van der Waals surface area (Å²) in [5.41, 5.74) is 0. The summed E-state index contributed by atoms with van der Waals surface area (Å²) >= 11 is 11.8. The lowest BCUT2D eigenvalue weighted by atomic mass is 10.4. The second kappa shape index (κ2) is 6.81. The third-order valence-electron chi connectivity index (χ3n) is 1.90. The van der Waals surface area contributed by atoms with Gasteiger partial charge in [0.05, 0.1) is 16.6 Å². The minimum absolute atomic E-state index is 0.204. The van der Waals surface area contributed by atoms with Gasteiger partial charge >= 0.3 is 0 Å². The summed E-state index contributed by atoms with van der Waals surface area (Å²) in [7, 11) is 0. The maximum absolute atomic E-state index is 12.1. The van der Waals surface area contributed by atoms with E-state index in [2.05, 4.69) is 15.6 Å². The van der Waals surface area contributed by atoms with Gasteiger partial charge in [-0.15, -0.1) is 0 Å². The van der Waals surface area contributed by atoms with Crippen molar-refractivity contribution in [2.24, 2.45) is 0 Å². The summed E-state index contributed by atoms with van der Waals surface area (Å²) in [6.45, 7) is 2.19. The van der Waals surface area contributed by atoms with E-state index in [1.54, 1.807) is 0 Å². The summed E-state index contributed by atoms with van der Waals surface area (Å²) in [4.78, 5) is 4.06. The number of hydrogen-bond donors (Lipinski definition) is 2. The van der Waals surface area contributed by atoms with Crippen LogP contribution >= 0.6 is 23.2 Å². The van der Waals surface area contributed by atoms with Gasteiger partial charge in [0.1, 0.15) is 11.6 Å². The summed E-state index contributed by atoms with van der Waals surface area (Å²) in [5.74, 6) is 0.643. The third-order valence-corrected chi connectivity index (χ3v) is 2.47. The fraction of sp³-hybridized carbons (Fsp3) is 0.500. The molecular weight excluding hydrogens is 271 g/mol. The molecule has 0 saturated heterocycles. The minimum atomic E-state index is -2.46. The molecule has 1 heterocycles. The van der Waals surface area contributed by atoms with Gasteiger partial charge in [-0.2, -0.15) is 0 Å². The molecule has 0 spiro atoms. The third kappa shape index (κ3) is 4.52. The quantitative estimate of drug-likeness (QED) is 0.832. The summed E-state index contributed by atoms with van der Waals surface area (Å²) in [6.07, 6.45) is -1.56. The Balaban J connectivity index is 2.81. The van der Waals surface area contributed by atoms with Crippen LogP contribution in [0, 0.1) is 0 Å². The van der Waals surface area contributed by atoms with Crippen LogP contribution in [0.15, 0.2) is 6.07 Å². The van der Waals surface area contributed by atoms with Crippen LogP contribution in [0.3, 0.4) is 0 Å². The normalized spacial score (nSPS) is 10.7. The molecule has 2 N–H and O–H groups in total. The lowest BCUT2D eigenvalue weighted by Crippen LogP contribution is -2.13. The highest BCUT2D eigenvalue weighted by molar-refractivity contribution is 6.37. The Kier molecular flexibility index (Phi) is 5.71. The molecule has 1 aromatic rings. The van der Waals surface area contributed by atoms with E-state index in [9.17, 15) is 8.78 Å². The molecule has 0 unspecified atom stereocenters. The fourth-order valence-corrected chi connectivity index (χ4v) is 1.62. The highest BCUT2D eigenvalue weighted by atomic mass is 35.5.